The van der Waals surface area contributed by atoms with Gasteiger partial charge < -0.3 is 4.89 Å². The topological polar surface area (TPSA) is 54.4 Å². The van der Waals surface area contributed by atoms with E-state index in [0.717, 1.165) is 0 Å². The zero-order chi connectivity index (χ0) is 5.86. The third-order valence-electron chi connectivity index (χ3n) is 0.560. The van der Waals surface area contributed by atoms with Gasteiger partial charge in [-0.1, -0.05) is 6.92 Å². The molecule has 1 atom stereocenters. The average Bonchev–Trinajstić information content (AvgIpc) is 1.65. The van der Waals surface area contributed by atoms with Crippen LogP contribution in [0.25, 0.3) is 0 Å². The molecule has 0 radical (unpaired) electrons. The van der Waals surface area contributed by atoms with Crippen LogP contribution < -0.4 is 0 Å². The SMILES string of the molecule is CCC(=O)[PH](=O)O.[NaH]. The Kier molecular flexibility index (Phi) is 8.70. The van der Waals surface area contributed by atoms with Gasteiger partial charge in [0.2, 0.25) is 5.52 Å². The normalized spacial score (nSPS) is 11.8. The van der Waals surface area contributed by atoms with Crippen molar-refractivity contribution in [1.29, 1.82) is 0 Å². The van der Waals surface area contributed by atoms with Crippen molar-refractivity contribution < 1.29 is 14.3 Å². The fourth-order valence-corrected chi connectivity index (χ4v) is 0.454. The minimum absolute atomic E-state index is 0. The van der Waals surface area contributed by atoms with Crippen LogP contribution in [0.5, 0.6) is 0 Å². The summed E-state index contributed by atoms with van der Waals surface area (Å²) in [5.74, 6) is 0. The second-order valence-corrected chi connectivity index (χ2v) is 2.25. The van der Waals surface area contributed by atoms with Crippen molar-refractivity contribution in [2.24, 2.45) is 0 Å². The molecule has 0 rings (SSSR count). The maximum atomic E-state index is 9.99. The molecule has 0 spiro atoms. The van der Waals surface area contributed by atoms with Crippen molar-refractivity contribution in [3.8, 4) is 0 Å². The van der Waals surface area contributed by atoms with Crippen LogP contribution in [0.2, 0.25) is 0 Å². The van der Waals surface area contributed by atoms with Gasteiger partial charge in [0.25, 0.3) is 8.03 Å². The quantitative estimate of drug-likeness (QED) is 0.431. The van der Waals surface area contributed by atoms with Crippen LogP contribution in [-0.2, 0) is 9.36 Å². The Hall–Kier alpha value is 0.860. The predicted molar refractivity (Wildman–Crippen MR) is 33.7 cm³/mol. The molecule has 0 aliphatic carbocycles. The van der Waals surface area contributed by atoms with E-state index in [4.69, 9.17) is 4.89 Å². The molecule has 0 amide bonds. The van der Waals surface area contributed by atoms with Crippen LogP contribution in [0, 0.1) is 0 Å². The summed E-state index contributed by atoms with van der Waals surface area (Å²) in [7, 11) is -2.85. The van der Waals surface area contributed by atoms with Crippen LogP contribution in [0.4, 0.5) is 0 Å². The first-order valence-corrected chi connectivity index (χ1v) is 3.30. The summed E-state index contributed by atoms with van der Waals surface area (Å²) in [5, 5.41) is 0. The van der Waals surface area contributed by atoms with E-state index in [0.29, 0.717) is 0 Å². The van der Waals surface area contributed by atoms with Gasteiger partial charge in [-0.05, 0) is 0 Å². The molecule has 0 aromatic heterocycles. The Morgan fingerprint density at radius 1 is 1.75 bits per heavy atom. The summed E-state index contributed by atoms with van der Waals surface area (Å²) in [6.45, 7) is 1.56. The molecule has 0 aromatic carbocycles. The molecule has 44 valence electrons. The van der Waals surface area contributed by atoms with Gasteiger partial charge in [-0.2, -0.15) is 0 Å². The number of rotatable bonds is 2. The van der Waals surface area contributed by atoms with Gasteiger partial charge in [0, 0.05) is 6.42 Å². The van der Waals surface area contributed by atoms with E-state index in [2.05, 4.69) is 0 Å². The van der Waals surface area contributed by atoms with Gasteiger partial charge in [-0.3, -0.25) is 9.36 Å². The Labute approximate surface area is 70.6 Å². The van der Waals surface area contributed by atoms with E-state index in [1.165, 1.54) is 0 Å². The molecular weight excluding hydrogens is 138 g/mol. The first kappa shape index (κ1) is 11.6. The second-order valence-electron chi connectivity index (χ2n) is 1.08. The molecule has 5 heteroatoms. The summed E-state index contributed by atoms with van der Waals surface area (Å²) in [4.78, 5) is 18.0. The summed E-state index contributed by atoms with van der Waals surface area (Å²) in [5.41, 5.74) is -0.551. The first-order chi connectivity index (χ1) is 3.18. The number of carbonyl (C=O) groups is 1. The summed E-state index contributed by atoms with van der Waals surface area (Å²) in [6, 6.07) is 0. The predicted octanol–water partition coefficient (Wildman–Crippen LogP) is -0.259. The molecule has 0 aliphatic rings. The van der Waals surface area contributed by atoms with Gasteiger partial charge in [-0.25, -0.2) is 0 Å². The van der Waals surface area contributed by atoms with Crippen molar-refractivity contribution >= 4 is 43.1 Å². The van der Waals surface area contributed by atoms with E-state index in [-0.39, 0.29) is 36.0 Å². The minimum atomic E-state index is -2.85. The van der Waals surface area contributed by atoms with Gasteiger partial charge in [-0.15, -0.1) is 0 Å². The Morgan fingerprint density at radius 2 is 2.12 bits per heavy atom. The van der Waals surface area contributed by atoms with Crippen molar-refractivity contribution in [2.75, 3.05) is 0 Å². The molecule has 0 saturated carbocycles. The van der Waals surface area contributed by atoms with Crippen LogP contribution >= 0.6 is 8.03 Å². The van der Waals surface area contributed by atoms with Gasteiger partial charge in [0.05, 0.1) is 0 Å². The summed E-state index contributed by atoms with van der Waals surface area (Å²) in [6.07, 6.45) is 0.161. The van der Waals surface area contributed by atoms with Crippen molar-refractivity contribution in [1.82, 2.24) is 0 Å². The Balaban J connectivity index is 0. The van der Waals surface area contributed by atoms with Crippen LogP contribution in [0.1, 0.15) is 13.3 Å². The molecule has 1 unspecified atom stereocenters. The van der Waals surface area contributed by atoms with E-state index < -0.39 is 13.6 Å². The standard InChI is InChI=1S/C3H7O3P.Na.H/c1-2-3(4)7(5)6;;/h7H,2H2,1H3,(H,5,6);;. The fourth-order valence-electron chi connectivity index (χ4n) is 0.151. The van der Waals surface area contributed by atoms with Crippen LogP contribution in [-0.4, -0.2) is 40.0 Å². The monoisotopic (exact) mass is 146 g/mol. The van der Waals surface area contributed by atoms with E-state index in [9.17, 15) is 9.36 Å². The number of carbonyl (C=O) groups excluding carboxylic acids is 1. The molecule has 0 aliphatic heterocycles. The van der Waals surface area contributed by atoms with Gasteiger partial charge in [0.15, 0.2) is 0 Å². The van der Waals surface area contributed by atoms with Crippen LogP contribution in [0.15, 0.2) is 0 Å². The third-order valence-corrected chi connectivity index (χ3v) is 1.39. The molecule has 0 fully saturated rings. The zero-order valence-corrected chi connectivity index (χ0v) is 4.97. The van der Waals surface area contributed by atoms with E-state index in [1.807, 2.05) is 0 Å². The number of hydrogen-bond donors (Lipinski definition) is 1. The summed E-state index contributed by atoms with van der Waals surface area (Å²) < 4.78 is 9.77. The first-order valence-electron chi connectivity index (χ1n) is 1.94. The molecule has 0 heterocycles. The fraction of sp³-hybridized carbons (Fsp3) is 0.667. The molecule has 3 nitrogen and oxygen atoms in total. The molecule has 1 N–H and O–H groups in total. The maximum absolute atomic E-state index is 9.99. The zero-order valence-electron chi connectivity index (χ0n) is 3.97. The molecule has 0 bridgehead atoms. The average molecular weight is 146 g/mol. The molecule has 8 heavy (non-hydrogen) atoms. The van der Waals surface area contributed by atoms with Crippen LogP contribution in [0.3, 0.4) is 0 Å². The van der Waals surface area contributed by atoms with E-state index >= 15 is 0 Å². The molecular formula is C3H8NaO3P. The van der Waals surface area contributed by atoms with Gasteiger partial charge in [0.1, 0.15) is 0 Å². The molecule has 0 saturated heterocycles. The summed E-state index contributed by atoms with van der Waals surface area (Å²) >= 11 is 0. The number of hydrogen-bond acceptors (Lipinski definition) is 2. The molecule has 0 aromatic rings. The Morgan fingerprint density at radius 3 is 2.12 bits per heavy atom. The van der Waals surface area contributed by atoms with Crippen molar-refractivity contribution in [3.63, 3.8) is 0 Å². The van der Waals surface area contributed by atoms with Crippen molar-refractivity contribution in [3.05, 3.63) is 0 Å². The van der Waals surface area contributed by atoms with Crippen molar-refractivity contribution in [2.45, 2.75) is 13.3 Å². The van der Waals surface area contributed by atoms with E-state index in [1.54, 1.807) is 6.92 Å². The second kappa shape index (κ2) is 5.99. The van der Waals surface area contributed by atoms with Gasteiger partial charge >= 0.3 is 29.6 Å². The third kappa shape index (κ3) is 5.01. The Bertz CT molecular complexity index is 103.